The van der Waals surface area contributed by atoms with Crippen LogP contribution in [0.3, 0.4) is 0 Å². The van der Waals surface area contributed by atoms with E-state index in [0.717, 1.165) is 25.0 Å². The molecule has 3 rings (SSSR count). The van der Waals surface area contributed by atoms with Crippen molar-refractivity contribution in [2.45, 2.75) is 31.5 Å². The first-order chi connectivity index (χ1) is 13.5. The normalized spacial score (nSPS) is 24.8. The first-order valence-electron chi connectivity index (χ1n) is 9.63. The summed E-state index contributed by atoms with van der Waals surface area (Å²) in [6.07, 6.45) is -1.75. The third kappa shape index (κ3) is 4.59. The molecule has 0 aromatic heterocycles. The second-order valence-corrected chi connectivity index (χ2v) is 9.76. The number of nitrogens with zero attached hydrogens (tertiary/aromatic N) is 3. The molecule has 29 heavy (non-hydrogen) atoms. The molecule has 1 aromatic carbocycles. The van der Waals surface area contributed by atoms with Gasteiger partial charge in [0.25, 0.3) is 5.91 Å². The van der Waals surface area contributed by atoms with Crippen LogP contribution in [0.4, 0.5) is 13.2 Å². The van der Waals surface area contributed by atoms with Gasteiger partial charge in [-0.05, 0) is 31.0 Å². The fourth-order valence-corrected chi connectivity index (χ4v) is 5.17. The van der Waals surface area contributed by atoms with Crippen molar-refractivity contribution >= 4 is 15.9 Å². The van der Waals surface area contributed by atoms with Crippen LogP contribution in [0.25, 0.3) is 0 Å². The summed E-state index contributed by atoms with van der Waals surface area (Å²) < 4.78 is 64.0. The van der Waals surface area contributed by atoms with Gasteiger partial charge in [0, 0.05) is 50.4 Å². The van der Waals surface area contributed by atoms with Gasteiger partial charge in [0.1, 0.15) is 0 Å². The Morgan fingerprint density at radius 3 is 2.31 bits per heavy atom. The van der Waals surface area contributed by atoms with Crippen molar-refractivity contribution in [2.75, 3.05) is 45.5 Å². The fourth-order valence-electron chi connectivity index (χ4n) is 4.27. The van der Waals surface area contributed by atoms with Crippen LogP contribution in [0, 0.1) is 0 Å². The molecule has 2 saturated heterocycles. The number of rotatable bonds is 4. The molecule has 162 valence electrons. The number of piperazine rings is 1. The highest BCUT2D eigenvalue weighted by molar-refractivity contribution is 7.88. The molecule has 0 saturated carbocycles. The predicted molar refractivity (Wildman–Crippen MR) is 103 cm³/mol. The highest BCUT2D eigenvalue weighted by Crippen LogP contribution is 2.34. The van der Waals surface area contributed by atoms with E-state index in [9.17, 15) is 26.4 Å². The number of hydrogen-bond acceptors (Lipinski definition) is 4. The molecule has 0 spiro atoms. The summed E-state index contributed by atoms with van der Waals surface area (Å²) in [4.78, 5) is 16.5. The highest BCUT2D eigenvalue weighted by atomic mass is 32.2. The van der Waals surface area contributed by atoms with Gasteiger partial charge in [-0.1, -0.05) is 13.0 Å². The van der Waals surface area contributed by atoms with Crippen LogP contribution in [-0.4, -0.2) is 79.5 Å². The summed E-state index contributed by atoms with van der Waals surface area (Å²) in [5.41, 5.74) is -1.06. The van der Waals surface area contributed by atoms with Crippen LogP contribution in [-0.2, 0) is 16.2 Å². The van der Waals surface area contributed by atoms with Crippen molar-refractivity contribution in [3.63, 3.8) is 0 Å². The van der Waals surface area contributed by atoms with E-state index in [-0.39, 0.29) is 11.1 Å². The zero-order chi connectivity index (χ0) is 21.4. The Kier molecular flexibility index (Phi) is 5.99. The maximum atomic E-state index is 12.9. The molecule has 2 fully saturated rings. The molecular weight excluding hydrogens is 407 g/mol. The number of amides is 1. The van der Waals surface area contributed by atoms with Gasteiger partial charge in [-0.25, -0.2) is 12.7 Å². The minimum atomic E-state index is -4.49. The monoisotopic (exact) mass is 433 g/mol. The maximum absolute atomic E-state index is 12.9. The van der Waals surface area contributed by atoms with E-state index in [1.165, 1.54) is 22.7 Å². The molecule has 2 heterocycles. The third-order valence-electron chi connectivity index (χ3n) is 6.10. The van der Waals surface area contributed by atoms with E-state index in [2.05, 4.69) is 4.90 Å². The van der Waals surface area contributed by atoms with Crippen LogP contribution in [0.2, 0.25) is 0 Å². The number of benzene rings is 1. The third-order valence-corrected chi connectivity index (χ3v) is 7.35. The smallest absolute Gasteiger partial charge is 0.336 e. The van der Waals surface area contributed by atoms with E-state index < -0.39 is 27.7 Å². The molecule has 0 N–H and O–H groups in total. The Bertz CT molecular complexity index is 867. The summed E-state index contributed by atoms with van der Waals surface area (Å²) in [5, 5.41) is 0. The number of carbonyl (C=O) groups is 1. The lowest BCUT2D eigenvalue weighted by molar-refractivity contribution is -0.137. The van der Waals surface area contributed by atoms with Crippen molar-refractivity contribution in [3.8, 4) is 0 Å². The summed E-state index contributed by atoms with van der Waals surface area (Å²) >= 11 is 0. The summed E-state index contributed by atoms with van der Waals surface area (Å²) in [7, 11) is -3.25. The molecule has 0 unspecified atom stereocenters. The summed E-state index contributed by atoms with van der Waals surface area (Å²) in [6.45, 7) is 4.88. The van der Waals surface area contributed by atoms with Gasteiger partial charge in [0.15, 0.2) is 0 Å². The molecule has 1 amide bonds. The van der Waals surface area contributed by atoms with E-state index in [4.69, 9.17) is 0 Å². The lowest BCUT2D eigenvalue weighted by Crippen LogP contribution is -2.59. The van der Waals surface area contributed by atoms with Crippen LogP contribution in [0.15, 0.2) is 24.3 Å². The number of carbonyl (C=O) groups excluding carboxylic acids is 1. The lowest BCUT2D eigenvalue weighted by atomic mass is 9.92. The lowest BCUT2D eigenvalue weighted by Gasteiger charge is -2.45. The Hall–Kier alpha value is -1.65. The van der Waals surface area contributed by atoms with Gasteiger partial charge < -0.3 is 4.90 Å². The van der Waals surface area contributed by atoms with Gasteiger partial charge in [0.05, 0.1) is 11.8 Å². The van der Waals surface area contributed by atoms with E-state index in [1.807, 2.05) is 6.92 Å². The molecule has 1 atom stereocenters. The van der Waals surface area contributed by atoms with E-state index in [0.29, 0.717) is 39.3 Å². The second-order valence-electron chi connectivity index (χ2n) is 7.78. The van der Waals surface area contributed by atoms with E-state index >= 15 is 0 Å². The molecular formula is C19H26F3N3O3S. The van der Waals surface area contributed by atoms with Crippen LogP contribution in [0.1, 0.15) is 35.7 Å². The first-order valence-corrected chi connectivity index (χ1v) is 11.5. The first kappa shape index (κ1) is 22.0. The van der Waals surface area contributed by atoms with Gasteiger partial charge in [-0.2, -0.15) is 13.2 Å². The molecule has 0 radical (unpaired) electrons. The number of halogens is 3. The molecule has 2 aliphatic heterocycles. The molecule has 6 nitrogen and oxygen atoms in total. The van der Waals surface area contributed by atoms with Gasteiger partial charge in [0.2, 0.25) is 10.0 Å². The maximum Gasteiger partial charge on any atom is 0.416 e. The minimum Gasteiger partial charge on any atom is -0.336 e. The zero-order valence-corrected chi connectivity index (χ0v) is 17.4. The Morgan fingerprint density at radius 2 is 1.79 bits per heavy atom. The average molecular weight is 433 g/mol. The SMILES string of the molecule is CC[C@]1(N2CCN(C(=O)c3cccc(C(F)(F)F)c3)CC2)CCN(S(C)(=O)=O)C1. The van der Waals surface area contributed by atoms with Crippen molar-refractivity contribution in [3.05, 3.63) is 35.4 Å². The van der Waals surface area contributed by atoms with Crippen molar-refractivity contribution < 1.29 is 26.4 Å². The molecule has 1 aromatic rings. The summed E-state index contributed by atoms with van der Waals surface area (Å²) in [6, 6.07) is 4.49. The Balaban J connectivity index is 1.67. The van der Waals surface area contributed by atoms with Gasteiger partial charge in [-0.3, -0.25) is 9.69 Å². The molecule has 0 bridgehead atoms. The number of alkyl halides is 3. The largest absolute Gasteiger partial charge is 0.416 e. The minimum absolute atomic E-state index is 0.0302. The number of hydrogen-bond donors (Lipinski definition) is 0. The van der Waals surface area contributed by atoms with Crippen molar-refractivity contribution in [1.29, 1.82) is 0 Å². The van der Waals surface area contributed by atoms with Gasteiger partial charge >= 0.3 is 6.18 Å². The van der Waals surface area contributed by atoms with Crippen molar-refractivity contribution in [2.24, 2.45) is 0 Å². The second kappa shape index (κ2) is 7.88. The van der Waals surface area contributed by atoms with Crippen LogP contribution < -0.4 is 0 Å². The van der Waals surface area contributed by atoms with Gasteiger partial charge in [-0.15, -0.1) is 0 Å². The number of sulfonamides is 1. The summed E-state index contributed by atoms with van der Waals surface area (Å²) in [5.74, 6) is -0.412. The standard InChI is InChI=1S/C19H26F3N3O3S/c1-3-18(7-8-25(14-18)29(2,27)28)24-11-9-23(10-12-24)17(26)15-5-4-6-16(13-15)19(20,21)22/h4-6,13H,3,7-12,14H2,1-2H3/t18-/m0/s1. The van der Waals surface area contributed by atoms with Crippen molar-refractivity contribution in [1.82, 2.24) is 14.1 Å². The van der Waals surface area contributed by atoms with E-state index in [1.54, 1.807) is 4.90 Å². The topological polar surface area (TPSA) is 60.9 Å². The molecule has 10 heteroatoms. The quantitative estimate of drug-likeness (QED) is 0.731. The van der Waals surface area contributed by atoms with Crippen LogP contribution >= 0.6 is 0 Å². The molecule has 2 aliphatic rings. The average Bonchev–Trinajstić information content (AvgIpc) is 3.13. The molecule has 0 aliphatic carbocycles. The predicted octanol–water partition coefficient (Wildman–Crippen LogP) is 2.28. The Labute approximate surface area is 169 Å². The Morgan fingerprint density at radius 1 is 1.14 bits per heavy atom. The zero-order valence-electron chi connectivity index (χ0n) is 16.6. The fraction of sp³-hybridized carbons (Fsp3) is 0.632. The van der Waals surface area contributed by atoms with Crippen LogP contribution in [0.5, 0.6) is 0 Å². The highest BCUT2D eigenvalue weighted by Gasteiger charge is 2.45.